The Hall–Kier alpha value is -3.73. The smallest absolute Gasteiger partial charge is 0.264 e. The number of hydrogen-bond acceptors (Lipinski definition) is 4. The van der Waals surface area contributed by atoms with Crippen molar-refractivity contribution in [2.75, 3.05) is 11.9 Å². The first kappa shape index (κ1) is 22.5. The van der Waals surface area contributed by atoms with E-state index in [1.807, 2.05) is 55.6 Å². The number of amides is 2. The van der Waals surface area contributed by atoms with Crippen molar-refractivity contribution in [2.45, 2.75) is 39.7 Å². The van der Waals surface area contributed by atoms with E-state index >= 15 is 0 Å². The Balaban J connectivity index is 1.79. The lowest BCUT2D eigenvalue weighted by Crippen LogP contribution is -2.43. The molecule has 2 amide bonds. The van der Waals surface area contributed by atoms with Gasteiger partial charge in [0.1, 0.15) is 0 Å². The minimum Gasteiger partial charge on any atom is -0.347 e. The molecule has 0 spiro atoms. The topological polar surface area (TPSA) is 57.7 Å². The second-order valence-corrected chi connectivity index (χ2v) is 9.07. The Morgan fingerprint density at radius 3 is 2.21 bits per heavy atom. The van der Waals surface area contributed by atoms with Gasteiger partial charge in [-0.1, -0.05) is 62.4 Å². The highest BCUT2D eigenvalue weighted by molar-refractivity contribution is 6.28. The van der Waals surface area contributed by atoms with Gasteiger partial charge in [0.15, 0.2) is 5.78 Å². The quantitative estimate of drug-likeness (QED) is 0.393. The number of anilines is 1. The zero-order chi connectivity index (χ0) is 23.9. The van der Waals surface area contributed by atoms with Gasteiger partial charge in [-0.05, 0) is 48.8 Å². The van der Waals surface area contributed by atoms with Crippen molar-refractivity contribution in [2.24, 2.45) is 0 Å². The average Bonchev–Trinajstić information content (AvgIpc) is 2.97. The predicted molar refractivity (Wildman–Crippen MR) is 129 cm³/mol. The normalized spacial score (nSPS) is 20.2. The second-order valence-electron chi connectivity index (χ2n) is 9.07. The van der Waals surface area contributed by atoms with E-state index in [0.29, 0.717) is 11.1 Å². The summed E-state index contributed by atoms with van der Waals surface area (Å²) >= 11 is 0. The minimum absolute atomic E-state index is 0.0671. The van der Waals surface area contributed by atoms with Crippen molar-refractivity contribution in [3.63, 3.8) is 0 Å². The Kier molecular flexibility index (Phi) is 5.66. The van der Waals surface area contributed by atoms with Gasteiger partial charge in [0.05, 0.1) is 12.1 Å². The van der Waals surface area contributed by atoms with Crippen LogP contribution in [-0.4, -0.2) is 29.5 Å². The number of carbonyl (C=O) groups excluding carboxylic acids is 3. The molecule has 0 unspecified atom stereocenters. The van der Waals surface area contributed by atoms with E-state index in [0.717, 1.165) is 16.9 Å². The fourth-order valence-electron chi connectivity index (χ4n) is 4.81. The number of para-hydroxylation sites is 1. The molecule has 0 aromatic heterocycles. The third-order valence-corrected chi connectivity index (χ3v) is 6.60. The summed E-state index contributed by atoms with van der Waals surface area (Å²) in [4.78, 5) is 42.2. The van der Waals surface area contributed by atoms with E-state index in [1.54, 1.807) is 13.0 Å². The number of likely N-dealkylation sites (N-methyl/N-ethyl adjacent to an activating group) is 1. The summed E-state index contributed by atoms with van der Waals surface area (Å²) < 4.78 is 0. The first-order valence-electron chi connectivity index (χ1n) is 11.0. The number of imide groups is 1. The van der Waals surface area contributed by atoms with Gasteiger partial charge in [0.25, 0.3) is 11.8 Å². The standard InChI is InChI=1S/C28H28N2O3/c1-18-21(15-16-24-28(3,4)22-13-9-10-14-23(22)29(24)5)26(32)30(27(33)25(18)19(2)31)17-20-11-7-6-8-12-20/h6-16H,17H2,1-5H3. The van der Waals surface area contributed by atoms with Crippen molar-refractivity contribution in [3.8, 4) is 0 Å². The van der Waals surface area contributed by atoms with Gasteiger partial charge in [0, 0.05) is 29.4 Å². The molecular weight excluding hydrogens is 412 g/mol. The number of hydrogen-bond donors (Lipinski definition) is 0. The van der Waals surface area contributed by atoms with E-state index < -0.39 is 5.91 Å². The number of fused-ring (bicyclic) bond motifs is 1. The lowest BCUT2D eigenvalue weighted by Gasteiger charge is -2.29. The number of Topliss-reactive ketones (excluding diaryl/α,β-unsaturated/α-hetero) is 1. The monoisotopic (exact) mass is 440 g/mol. The van der Waals surface area contributed by atoms with Gasteiger partial charge in [-0.2, -0.15) is 0 Å². The van der Waals surface area contributed by atoms with Gasteiger partial charge in [-0.25, -0.2) is 0 Å². The number of nitrogens with zero attached hydrogens (tertiary/aromatic N) is 2. The molecule has 0 saturated heterocycles. The number of allylic oxidation sites excluding steroid dienone is 3. The molecule has 0 saturated carbocycles. The maximum Gasteiger partial charge on any atom is 0.264 e. The van der Waals surface area contributed by atoms with E-state index in [1.165, 1.54) is 17.4 Å². The van der Waals surface area contributed by atoms with Crippen LogP contribution in [0.1, 0.15) is 38.8 Å². The number of ketones is 1. The number of benzene rings is 2. The molecule has 0 aliphatic carbocycles. The van der Waals surface area contributed by atoms with Gasteiger partial charge in [-0.3, -0.25) is 19.3 Å². The Morgan fingerprint density at radius 2 is 1.58 bits per heavy atom. The highest BCUT2D eigenvalue weighted by Crippen LogP contribution is 2.46. The van der Waals surface area contributed by atoms with Gasteiger partial charge in [-0.15, -0.1) is 0 Å². The van der Waals surface area contributed by atoms with Gasteiger partial charge >= 0.3 is 0 Å². The molecule has 4 rings (SSSR count). The molecule has 168 valence electrons. The second kappa shape index (κ2) is 8.32. The molecular formula is C28H28N2O3. The summed E-state index contributed by atoms with van der Waals surface area (Å²) in [5.74, 6) is -1.27. The zero-order valence-electron chi connectivity index (χ0n) is 19.7. The van der Waals surface area contributed by atoms with Crippen LogP contribution in [0, 0.1) is 0 Å². The molecule has 0 N–H and O–H groups in total. The van der Waals surface area contributed by atoms with E-state index in [-0.39, 0.29) is 29.2 Å². The number of carbonyl (C=O) groups is 3. The lowest BCUT2D eigenvalue weighted by molar-refractivity contribution is -0.142. The van der Waals surface area contributed by atoms with Crippen LogP contribution in [0.2, 0.25) is 0 Å². The summed E-state index contributed by atoms with van der Waals surface area (Å²) in [6, 6.07) is 17.5. The van der Waals surface area contributed by atoms with E-state index in [4.69, 9.17) is 0 Å². The van der Waals surface area contributed by atoms with Crippen LogP contribution in [-0.2, 0) is 26.3 Å². The first-order chi connectivity index (χ1) is 15.6. The first-order valence-corrected chi connectivity index (χ1v) is 11.0. The molecule has 5 heteroatoms. The third-order valence-electron chi connectivity index (χ3n) is 6.60. The average molecular weight is 441 g/mol. The van der Waals surface area contributed by atoms with Crippen molar-refractivity contribution in [1.29, 1.82) is 0 Å². The molecule has 2 heterocycles. The SMILES string of the molecule is CC(=O)C1=C(C)C(=CC=C2N(C)c3ccccc3C2(C)C)C(=O)N(Cc2ccccc2)C1=O. The van der Waals surface area contributed by atoms with Gasteiger partial charge in [0.2, 0.25) is 0 Å². The van der Waals surface area contributed by atoms with Crippen molar-refractivity contribution in [1.82, 2.24) is 4.90 Å². The maximum absolute atomic E-state index is 13.4. The van der Waals surface area contributed by atoms with Crippen molar-refractivity contribution < 1.29 is 14.4 Å². The van der Waals surface area contributed by atoms with Gasteiger partial charge < -0.3 is 4.90 Å². The highest BCUT2D eigenvalue weighted by atomic mass is 16.2. The van der Waals surface area contributed by atoms with Crippen LogP contribution < -0.4 is 4.90 Å². The van der Waals surface area contributed by atoms with Crippen LogP contribution >= 0.6 is 0 Å². The molecule has 5 nitrogen and oxygen atoms in total. The fourth-order valence-corrected chi connectivity index (χ4v) is 4.81. The zero-order valence-corrected chi connectivity index (χ0v) is 19.7. The molecule has 0 bridgehead atoms. The molecule has 2 aromatic carbocycles. The van der Waals surface area contributed by atoms with Crippen molar-refractivity contribution >= 4 is 23.3 Å². The molecule has 2 aliphatic rings. The molecule has 2 aromatic rings. The number of rotatable bonds is 4. The summed E-state index contributed by atoms with van der Waals surface area (Å²) in [5, 5.41) is 0. The minimum atomic E-state index is -0.538. The predicted octanol–water partition coefficient (Wildman–Crippen LogP) is 4.70. The maximum atomic E-state index is 13.4. The molecule has 33 heavy (non-hydrogen) atoms. The fraction of sp³-hybridized carbons (Fsp3) is 0.250. The summed E-state index contributed by atoms with van der Waals surface area (Å²) in [7, 11) is 2.01. The molecule has 0 atom stereocenters. The third kappa shape index (κ3) is 3.74. The summed E-state index contributed by atoms with van der Waals surface area (Å²) in [6.07, 6.45) is 3.69. The Bertz CT molecular complexity index is 1250. The Morgan fingerprint density at radius 1 is 0.939 bits per heavy atom. The summed E-state index contributed by atoms with van der Waals surface area (Å²) in [6.45, 7) is 7.46. The van der Waals surface area contributed by atoms with E-state index in [9.17, 15) is 14.4 Å². The van der Waals surface area contributed by atoms with Crippen LogP contribution in [0.5, 0.6) is 0 Å². The Labute approximate surface area is 194 Å². The van der Waals surface area contributed by atoms with E-state index in [2.05, 4.69) is 30.9 Å². The summed E-state index contributed by atoms with van der Waals surface area (Å²) in [5.41, 5.74) is 4.81. The van der Waals surface area contributed by atoms with Crippen molar-refractivity contribution in [3.05, 3.63) is 100 Å². The van der Waals surface area contributed by atoms with Crippen LogP contribution in [0.25, 0.3) is 0 Å². The molecule has 2 aliphatic heterocycles. The highest BCUT2D eigenvalue weighted by Gasteiger charge is 2.39. The lowest BCUT2D eigenvalue weighted by atomic mass is 9.83. The molecule has 0 fully saturated rings. The van der Waals surface area contributed by atoms with Crippen LogP contribution in [0.15, 0.2) is 89.2 Å². The molecule has 0 radical (unpaired) electrons. The van der Waals surface area contributed by atoms with Crippen LogP contribution in [0.4, 0.5) is 5.69 Å². The van der Waals surface area contributed by atoms with Crippen LogP contribution in [0.3, 0.4) is 0 Å². The largest absolute Gasteiger partial charge is 0.347 e.